The van der Waals surface area contributed by atoms with Crippen LogP contribution in [0.25, 0.3) is 0 Å². The number of nitrogens with two attached hydrogens (primary N) is 1. The molecule has 0 aliphatic rings. The summed E-state index contributed by atoms with van der Waals surface area (Å²) in [6.45, 7) is 1.70. The number of aryl methyl sites for hydroxylation is 1. The van der Waals surface area contributed by atoms with Crippen molar-refractivity contribution in [2.24, 2.45) is 0 Å². The van der Waals surface area contributed by atoms with Crippen molar-refractivity contribution >= 4 is 11.7 Å². The molecular weight excluding hydrogens is 264 g/mol. The normalized spacial score (nSPS) is 10.3. The monoisotopic (exact) mass is 277 g/mol. The van der Waals surface area contributed by atoms with E-state index in [2.05, 4.69) is 0 Å². The van der Waals surface area contributed by atoms with Crippen LogP contribution in [0.5, 0.6) is 0 Å². The minimum Gasteiger partial charge on any atom is -0.457 e. The number of rotatable bonds is 3. The Bertz CT molecular complexity index is 636. The van der Waals surface area contributed by atoms with Gasteiger partial charge in [0, 0.05) is 5.69 Å². The molecular formula is C15H13F2NO2. The SMILES string of the molecule is Cc1ccc(F)cc1COC(=O)c1cc(N)cc(F)c1. The van der Waals surface area contributed by atoms with Gasteiger partial charge in [0.15, 0.2) is 0 Å². The number of nitrogen functional groups attached to an aromatic ring is 1. The fourth-order valence-electron chi connectivity index (χ4n) is 1.75. The van der Waals surface area contributed by atoms with Gasteiger partial charge in [-0.25, -0.2) is 13.6 Å². The van der Waals surface area contributed by atoms with Crippen molar-refractivity contribution in [1.82, 2.24) is 0 Å². The van der Waals surface area contributed by atoms with Gasteiger partial charge in [-0.05, 0) is 48.4 Å². The van der Waals surface area contributed by atoms with Crippen molar-refractivity contribution in [3.8, 4) is 0 Å². The molecule has 0 unspecified atom stereocenters. The Balaban J connectivity index is 2.10. The minimum atomic E-state index is -0.708. The molecule has 0 heterocycles. The van der Waals surface area contributed by atoms with E-state index in [4.69, 9.17) is 10.5 Å². The molecule has 0 bridgehead atoms. The maximum Gasteiger partial charge on any atom is 0.338 e. The number of hydrogen-bond donors (Lipinski definition) is 1. The van der Waals surface area contributed by atoms with Crippen LogP contribution in [0.4, 0.5) is 14.5 Å². The molecule has 0 atom stereocenters. The Morgan fingerprint density at radius 3 is 2.60 bits per heavy atom. The number of anilines is 1. The van der Waals surface area contributed by atoms with Crippen LogP contribution in [0.15, 0.2) is 36.4 Å². The van der Waals surface area contributed by atoms with E-state index >= 15 is 0 Å². The summed E-state index contributed by atoms with van der Waals surface area (Å²) in [4.78, 5) is 11.8. The Morgan fingerprint density at radius 1 is 1.15 bits per heavy atom. The number of ether oxygens (including phenoxy) is 1. The fraction of sp³-hybridized carbons (Fsp3) is 0.133. The van der Waals surface area contributed by atoms with Gasteiger partial charge in [-0.1, -0.05) is 6.07 Å². The summed E-state index contributed by atoms with van der Waals surface area (Å²) < 4.78 is 31.3. The van der Waals surface area contributed by atoms with Crippen LogP contribution in [0, 0.1) is 18.6 Å². The quantitative estimate of drug-likeness (QED) is 0.692. The highest BCUT2D eigenvalue weighted by Gasteiger charge is 2.11. The summed E-state index contributed by atoms with van der Waals surface area (Å²) in [6, 6.07) is 7.68. The number of carbonyl (C=O) groups is 1. The first-order valence-corrected chi connectivity index (χ1v) is 5.94. The summed E-state index contributed by atoms with van der Waals surface area (Å²) in [5.74, 6) is -1.73. The van der Waals surface area contributed by atoms with Crippen LogP contribution in [-0.2, 0) is 11.3 Å². The molecule has 0 saturated heterocycles. The Kier molecular flexibility index (Phi) is 3.98. The lowest BCUT2D eigenvalue weighted by molar-refractivity contribution is 0.0471. The lowest BCUT2D eigenvalue weighted by Gasteiger charge is -2.08. The third-order valence-corrected chi connectivity index (χ3v) is 2.83. The second-order valence-electron chi connectivity index (χ2n) is 4.42. The molecule has 0 aliphatic heterocycles. The van der Waals surface area contributed by atoms with E-state index in [0.29, 0.717) is 5.56 Å². The van der Waals surface area contributed by atoms with E-state index in [0.717, 1.165) is 17.7 Å². The van der Waals surface area contributed by atoms with Gasteiger partial charge in [-0.3, -0.25) is 0 Å². The van der Waals surface area contributed by atoms with E-state index < -0.39 is 17.6 Å². The van der Waals surface area contributed by atoms with Gasteiger partial charge in [0.25, 0.3) is 0 Å². The zero-order chi connectivity index (χ0) is 14.7. The van der Waals surface area contributed by atoms with E-state index in [-0.39, 0.29) is 17.9 Å². The number of esters is 1. The highest BCUT2D eigenvalue weighted by atomic mass is 19.1. The first-order valence-electron chi connectivity index (χ1n) is 5.94. The Morgan fingerprint density at radius 2 is 1.90 bits per heavy atom. The number of benzene rings is 2. The molecule has 0 aromatic heterocycles. The van der Waals surface area contributed by atoms with Crippen molar-refractivity contribution in [2.75, 3.05) is 5.73 Å². The summed E-state index contributed by atoms with van der Waals surface area (Å²) in [6.07, 6.45) is 0. The Labute approximate surface area is 115 Å². The molecule has 2 rings (SSSR count). The molecule has 0 aliphatic carbocycles. The molecule has 3 nitrogen and oxygen atoms in total. The third kappa shape index (κ3) is 3.32. The van der Waals surface area contributed by atoms with Gasteiger partial charge in [-0.15, -0.1) is 0 Å². The molecule has 0 radical (unpaired) electrons. The predicted octanol–water partition coefficient (Wildman–Crippen LogP) is 3.21. The fourth-order valence-corrected chi connectivity index (χ4v) is 1.75. The topological polar surface area (TPSA) is 52.3 Å². The molecule has 0 spiro atoms. The second-order valence-corrected chi connectivity index (χ2v) is 4.42. The lowest BCUT2D eigenvalue weighted by atomic mass is 10.1. The standard InChI is InChI=1S/C15H13F2NO2/c1-9-2-3-12(16)5-11(9)8-20-15(19)10-4-13(17)7-14(18)6-10/h2-7H,8,18H2,1H3. The molecule has 0 saturated carbocycles. The van der Waals surface area contributed by atoms with E-state index in [1.54, 1.807) is 13.0 Å². The van der Waals surface area contributed by atoms with Crippen LogP contribution in [0.1, 0.15) is 21.5 Å². The van der Waals surface area contributed by atoms with E-state index in [9.17, 15) is 13.6 Å². The smallest absolute Gasteiger partial charge is 0.338 e. The second kappa shape index (κ2) is 5.69. The van der Waals surface area contributed by atoms with Crippen molar-refractivity contribution in [3.05, 3.63) is 64.7 Å². The molecule has 2 aromatic rings. The van der Waals surface area contributed by atoms with Gasteiger partial charge in [0.05, 0.1) is 5.56 Å². The first-order chi connectivity index (χ1) is 9.45. The van der Waals surface area contributed by atoms with Crippen LogP contribution in [0.2, 0.25) is 0 Å². The summed E-state index contributed by atoms with van der Waals surface area (Å²) in [5.41, 5.74) is 6.98. The summed E-state index contributed by atoms with van der Waals surface area (Å²) in [7, 11) is 0. The molecule has 20 heavy (non-hydrogen) atoms. The van der Waals surface area contributed by atoms with Crippen molar-refractivity contribution in [1.29, 1.82) is 0 Å². The van der Waals surface area contributed by atoms with Gasteiger partial charge in [0.2, 0.25) is 0 Å². The van der Waals surface area contributed by atoms with Gasteiger partial charge in [0.1, 0.15) is 18.2 Å². The van der Waals surface area contributed by atoms with Crippen molar-refractivity contribution in [2.45, 2.75) is 13.5 Å². The highest BCUT2D eigenvalue weighted by molar-refractivity contribution is 5.90. The Hall–Kier alpha value is -2.43. The highest BCUT2D eigenvalue weighted by Crippen LogP contribution is 2.15. The first kappa shape index (κ1) is 14.0. The summed E-state index contributed by atoms with van der Waals surface area (Å²) in [5, 5.41) is 0. The third-order valence-electron chi connectivity index (χ3n) is 2.83. The molecule has 0 amide bonds. The average Bonchev–Trinajstić information content (AvgIpc) is 2.38. The van der Waals surface area contributed by atoms with E-state index in [1.807, 2.05) is 0 Å². The summed E-state index contributed by atoms with van der Waals surface area (Å²) >= 11 is 0. The zero-order valence-electron chi connectivity index (χ0n) is 10.8. The van der Waals surface area contributed by atoms with Crippen LogP contribution in [-0.4, -0.2) is 5.97 Å². The van der Waals surface area contributed by atoms with Crippen molar-refractivity contribution in [3.63, 3.8) is 0 Å². The maximum atomic E-state index is 13.1. The lowest BCUT2D eigenvalue weighted by Crippen LogP contribution is -2.07. The van der Waals surface area contributed by atoms with E-state index in [1.165, 1.54) is 18.2 Å². The van der Waals surface area contributed by atoms with Crippen LogP contribution < -0.4 is 5.73 Å². The number of halogens is 2. The number of carbonyl (C=O) groups excluding carboxylic acids is 1. The van der Waals surface area contributed by atoms with Crippen LogP contribution in [0.3, 0.4) is 0 Å². The van der Waals surface area contributed by atoms with Crippen LogP contribution >= 0.6 is 0 Å². The maximum absolute atomic E-state index is 13.1. The van der Waals surface area contributed by atoms with Gasteiger partial charge >= 0.3 is 5.97 Å². The zero-order valence-corrected chi connectivity index (χ0v) is 10.8. The molecule has 104 valence electrons. The van der Waals surface area contributed by atoms with Gasteiger partial charge < -0.3 is 10.5 Å². The van der Waals surface area contributed by atoms with Gasteiger partial charge in [-0.2, -0.15) is 0 Å². The molecule has 2 N–H and O–H groups in total. The molecule has 0 fully saturated rings. The minimum absolute atomic E-state index is 0.0246. The number of hydrogen-bond acceptors (Lipinski definition) is 3. The average molecular weight is 277 g/mol. The van der Waals surface area contributed by atoms with Crippen molar-refractivity contribution < 1.29 is 18.3 Å². The molecule has 5 heteroatoms. The predicted molar refractivity (Wildman–Crippen MR) is 71.1 cm³/mol. The largest absolute Gasteiger partial charge is 0.457 e. The molecule has 2 aromatic carbocycles.